The van der Waals surface area contributed by atoms with Crippen LogP contribution in [-0.4, -0.2) is 30.8 Å². The molecule has 1 aromatic carbocycles. The van der Waals surface area contributed by atoms with Gasteiger partial charge < -0.3 is 20.4 Å². The molecule has 0 spiro atoms. The molecule has 2 aromatic rings. The Labute approximate surface area is 141 Å². The van der Waals surface area contributed by atoms with Crippen LogP contribution >= 0.6 is 12.4 Å². The number of anilines is 1. The van der Waals surface area contributed by atoms with Crippen LogP contribution in [0.3, 0.4) is 0 Å². The molecule has 0 aliphatic rings. The van der Waals surface area contributed by atoms with E-state index in [0.29, 0.717) is 23.4 Å². The first kappa shape index (κ1) is 18.7. The molecule has 6 nitrogen and oxygen atoms in total. The third kappa shape index (κ3) is 5.12. The van der Waals surface area contributed by atoms with E-state index in [9.17, 15) is 9.59 Å². The number of hydrogen-bond acceptors (Lipinski definition) is 4. The minimum Gasteiger partial charge on any atom is -0.467 e. The van der Waals surface area contributed by atoms with Gasteiger partial charge in [-0.3, -0.25) is 9.59 Å². The first-order valence-corrected chi connectivity index (χ1v) is 6.87. The number of nitrogens with one attached hydrogen (secondary N) is 1. The fraction of sp³-hybridized carbons (Fsp3) is 0.250. The van der Waals surface area contributed by atoms with Gasteiger partial charge in [-0.1, -0.05) is 12.1 Å². The molecule has 0 aliphatic carbocycles. The van der Waals surface area contributed by atoms with E-state index < -0.39 is 0 Å². The van der Waals surface area contributed by atoms with Gasteiger partial charge in [0.05, 0.1) is 18.5 Å². The number of rotatable bonds is 5. The van der Waals surface area contributed by atoms with Gasteiger partial charge in [-0.2, -0.15) is 0 Å². The Kier molecular flexibility index (Phi) is 6.81. The van der Waals surface area contributed by atoms with Crippen LogP contribution in [0.5, 0.6) is 0 Å². The highest BCUT2D eigenvalue weighted by Crippen LogP contribution is 2.14. The standard InChI is InChI=1S/C16H19N3O3.ClH/c1-19(2)15(20)7-11-3-5-13(6-4-11)18-16(21)12-8-14(9-17)22-10-12;/h3-6,8,10H,7,9,17H2,1-2H3,(H,18,21);1H. The minimum atomic E-state index is -0.263. The molecule has 1 heterocycles. The van der Waals surface area contributed by atoms with Gasteiger partial charge in [0.25, 0.3) is 5.91 Å². The fourth-order valence-corrected chi connectivity index (χ4v) is 1.85. The first-order chi connectivity index (χ1) is 10.5. The van der Waals surface area contributed by atoms with Crippen LogP contribution in [0.4, 0.5) is 5.69 Å². The van der Waals surface area contributed by atoms with E-state index in [1.54, 1.807) is 37.2 Å². The van der Waals surface area contributed by atoms with Crippen molar-refractivity contribution >= 4 is 29.9 Å². The maximum absolute atomic E-state index is 12.0. The van der Waals surface area contributed by atoms with Crippen LogP contribution in [0.2, 0.25) is 0 Å². The van der Waals surface area contributed by atoms with Crippen molar-refractivity contribution in [3.63, 3.8) is 0 Å². The zero-order valence-electron chi connectivity index (χ0n) is 13.0. The SMILES string of the molecule is CN(C)C(=O)Cc1ccc(NC(=O)c2coc(CN)c2)cc1.Cl. The van der Waals surface area contributed by atoms with Crippen LogP contribution in [0.1, 0.15) is 21.7 Å². The van der Waals surface area contributed by atoms with Gasteiger partial charge in [0.2, 0.25) is 5.91 Å². The van der Waals surface area contributed by atoms with Crippen LogP contribution in [-0.2, 0) is 17.8 Å². The Balaban J connectivity index is 0.00000264. The summed E-state index contributed by atoms with van der Waals surface area (Å²) in [5.41, 5.74) is 7.41. The van der Waals surface area contributed by atoms with Crippen molar-refractivity contribution in [2.45, 2.75) is 13.0 Å². The minimum absolute atomic E-state index is 0. The molecule has 0 bridgehead atoms. The number of hydrogen-bond donors (Lipinski definition) is 2. The summed E-state index contributed by atoms with van der Waals surface area (Å²) < 4.78 is 5.13. The lowest BCUT2D eigenvalue weighted by molar-refractivity contribution is -0.127. The van der Waals surface area contributed by atoms with Crippen molar-refractivity contribution in [1.29, 1.82) is 0 Å². The second kappa shape index (κ2) is 8.36. The van der Waals surface area contributed by atoms with Gasteiger partial charge in [0.15, 0.2) is 0 Å². The van der Waals surface area contributed by atoms with Crippen LogP contribution in [0.25, 0.3) is 0 Å². The lowest BCUT2D eigenvalue weighted by Crippen LogP contribution is -2.23. The number of nitrogens with two attached hydrogens (primary N) is 1. The van der Waals surface area contributed by atoms with E-state index >= 15 is 0 Å². The number of nitrogens with zero attached hydrogens (tertiary/aromatic N) is 1. The van der Waals surface area contributed by atoms with E-state index in [0.717, 1.165) is 5.56 Å². The Hall–Kier alpha value is -2.31. The van der Waals surface area contributed by atoms with E-state index in [4.69, 9.17) is 10.2 Å². The maximum atomic E-state index is 12.0. The summed E-state index contributed by atoms with van der Waals surface area (Å²) in [5, 5.41) is 2.76. The molecule has 23 heavy (non-hydrogen) atoms. The largest absolute Gasteiger partial charge is 0.467 e. The molecule has 2 amide bonds. The predicted octanol–water partition coefficient (Wildman–Crippen LogP) is 2.04. The molecule has 0 radical (unpaired) electrons. The molecule has 0 saturated carbocycles. The molecule has 0 aliphatic heterocycles. The molecule has 2 rings (SSSR count). The smallest absolute Gasteiger partial charge is 0.258 e. The van der Waals surface area contributed by atoms with E-state index in [2.05, 4.69) is 5.32 Å². The second-order valence-electron chi connectivity index (χ2n) is 5.12. The normalized spacial score (nSPS) is 9.87. The molecule has 1 aromatic heterocycles. The summed E-state index contributed by atoms with van der Waals surface area (Å²) >= 11 is 0. The fourth-order valence-electron chi connectivity index (χ4n) is 1.85. The molecule has 7 heteroatoms. The Morgan fingerprint density at radius 1 is 1.22 bits per heavy atom. The van der Waals surface area contributed by atoms with Crippen LogP contribution in [0.15, 0.2) is 41.0 Å². The lowest BCUT2D eigenvalue weighted by Gasteiger charge is -2.10. The molecule has 3 N–H and O–H groups in total. The van der Waals surface area contributed by atoms with E-state index in [-0.39, 0.29) is 30.8 Å². The van der Waals surface area contributed by atoms with Crippen LogP contribution < -0.4 is 11.1 Å². The van der Waals surface area contributed by atoms with E-state index in [1.165, 1.54) is 6.26 Å². The molecule has 0 fully saturated rings. The predicted molar refractivity (Wildman–Crippen MR) is 90.6 cm³/mol. The highest BCUT2D eigenvalue weighted by molar-refractivity contribution is 6.04. The van der Waals surface area contributed by atoms with Crippen LogP contribution in [0, 0.1) is 0 Å². The molecule has 0 saturated heterocycles. The van der Waals surface area contributed by atoms with Crippen molar-refractivity contribution in [3.05, 3.63) is 53.5 Å². The number of carbonyl (C=O) groups excluding carboxylic acids is 2. The summed E-state index contributed by atoms with van der Waals surface area (Å²) in [6, 6.07) is 8.77. The topological polar surface area (TPSA) is 88.6 Å². The zero-order valence-corrected chi connectivity index (χ0v) is 13.9. The van der Waals surface area contributed by atoms with Crippen molar-refractivity contribution in [2.24, 2.45) is 5.73 Å². The number of halogens is 1. The molecule has 0 unspecified atom stereocenters. The lowest BCUT2D eigenvalue weighted by atomic mass is 10.1. The second-order valence-corrected chi connectivity index (χ2v) is 5.12. The Morgan fingerprint density at radius 3 is 2.39 bits per heavy atom. The number of benzene rings is 1. The van der Waals surface area contributed by atoms with Gasteiger partial charge in [-0.25, -0.2) is 0 Å². The Bertz CT molecular complexity index is 665. The maximum Gasteiger partial charge on any atom is 0.258 e. The van der Waals surface area contributed by atoms with E-state index in [1.807, 2.05) is 12.1 Å². The summed E-state index contributed by atoms with van der Waals surface area (Å²) in [7, 11) is 3.44. The first-order valence-electron chi connectivity index (χ1n) is 6.87. The molecular weight excluding hydrogens is 318 g/mol. The van der Waals surface area contributed by atoms with Crippen molar-refractivity contribution < 1.29 is 14.0 Å². The van der Waals surface area contributed by atoms with Gasteiger partial charge >= 0.3 is 0 Å². The van der Waals surface area contributed by atoms with Gasteiger partial charge in [-0.05, 0) is 23.8 Å². The summed E-state index contributed by atoms with van der Waals surface area (Å²) in [6.07, 6.45) is 1.71. The number of furan rings is 1. The molecular formula is C16H20ClN3O3. The average molecular weight is 338 g/mol. The molecule has 124 valence electrons. The van der Waals surface area contributed by atoms with Crippen molar-refractivity contribution in [3.8, 4) is 0 Å². The quantitative estimate of drug-likeness (QED) is 0.873. The number of carbonyl (C=O) groups is 2. The van der Waals surface area contributed by atoms with Gasteiger partial charge in [-0.15, -0.1) is 12.4 Å². The van der Waals surface area contributed by atoms with Crippen molar-refractivity contribution in [2.75, 3.05) is 19.4 Å². The molecule has 0 atom stereocenters. The Morgan fingerprint density at radius 2 is 1.87 bits per heavy atom. The van der Waals surface area contributed by atoms with Crippen molar-refractivity contribution in [1.82, 2.24) is 4.90 Å². The number of likely N-dealkylation sites (N-methyl/N-ethyl adjacent to an activating group) is 1. The summed E-state index contributed by atoms with van der Waals surface area (Å²) in [6.45, 7) is 0.252. The van der Waals surface area contributed by atoms with Gasteiger partial charge in [0.1, 0.15) is 12.0 Å². The third-order valence-electron chi connectivity index (χ3n) is 3.18. The average Bonchev–Trinajstić information content (AvgIpc) is 2.98. The summed E-state index contributed by atoms with van der Waals surface area (Å²) in [4.78, 5) is 25.2. The highest BCUT2D eigenvalue weighted by Gasteiger charge is 2.10. The number of amides is 2. The third-order valence-corrected chi connectivity index (χ3v) is 3.18. The highest BCUT2D eigenvalue weighted by atomic mass is 35.5. The zero-order chi connectivity index (χ0) is 16.1. The monoisotopic (exact) mass is 337 g/mol. The summed E-state index contributed by atoms with van der Waals surface area (Å²) in [5.74, 6) is 0.327. The van der Waals surface area contributed by atoms with Gasteiger partial charge in [0, 0.05) is 19.8 Å².